The molecule has 0 aliphatic heterocycles. The van der Waals surface area contributed by atoms with Crippen LogP contribution in [0, 0.1) is 23.7 Å². The maximum Gasteiger partial charge on any atom is 0.208 e. The van der Waals surface area contributed by atoms with E-state index in [-0.39, 0.29) is 6.04 Å². The molecule has 0 aromatic carbocycles. The predicted octanol–water partition coefficient (Wildman–Crippen LogP) is 1.73. The van der Waals surface area contributed by atoms with E-state index in [1.165, 1.54) is 38.4 Å². The summed E-state index contributed by atoms with van der Waals surface area (Å²) in [6.07, 6.45) is 9.31. The van der Waals surface area contributed by atoms with Gasteiger partial charge in [0, 0.05) is 18.6 Å². The van der Waals surface area contributed by atoms with E-state index in [1.807, 2.05) is 0 Å². The highest BCUT2D eigenvalue weighted by atomic mass is 32.2. The molecule has 0 saturated heterocycles. The first kappa shape index (κ1) is 14.8. The highest BCUT2D eigenvalue weighted by molar-refractivity contribution is 7.88. The maximum absolute atomic E-state index is 11.2. The van der Waals surface area contributed by atoms with Crippen LogP contribution in [0.25, 0.3) is 0 Å². The van der Waals surface area contributed by atoms with Crippen LogP contribution in [-0.4, -0.2) is 33.3 Å². The molecule has 20 heavy (non-hydrogen) atoms. The third-order valence-corrected chi connectivity index (χ3v) is 6.43. The molecule has 0 spiro atoms. The second-order valence-electron chi connectivity index (χ2n) is 7.35. The van der Waals surface area contributed by atoms with Gasteiger partial charge in [-0.25, -0.2) is 13.1 Å². The maximum atomic E-state index is 11.2. The Kier molecular flexibility index (Phi) is 4.13. The van der Waals surface area contributed by atoms with Crippen molar-refractivity contribution in [3.8, 4) is 0 Å². The van der Waals surface area contributed by atoms with Crippen LogP contribution in [0.1, 0.15) is 45.4 Å². The van der Waals surface area contributed by atoms with Gasteiger partial charge < -0.3 is 5.32 Å². The van der Waals surface area contributed by atoms with Gasteiger partial charge in [0.15, 0.2) is 0 Å². The Balaban J connectivity index is 1.59. The molecule has 116 valence electrons. The molecule has 1 atom stereocenters. The van der Waals surface area contributed by atoms with Gasteiger partial charge in [0.1, 0.15) is 0 Å². The lowest BCUT2D eigenvalue weighted by molar-refractivity contribution is -0.0176. The molecule has 4 aliphatic rings. The van der Waals surface area contributed by atoms with E-state index in [4.69, 9.17) is 0 Å². The lowest BCUT2D eigenvalue weighted by Gasteiger charge is -2.55. The quantitative estimate of drug-likeness (QED) is 0.785. The number of hydrogen-bond acceptors (Lipinski definition) is 3. The molecule has 0 radical (unpaired) electrons. The van der Waals surface area contributed by atoms with Gasteiger partial charge in [-0.1, -0.05) is 6.92 Å². The zero-order valence-corrected chi connectivity index (χ0v) is 13.5. The SMILES string of the molecule is CCC(CNS(C)(=O)=O)NC1C2CC3CC(C2)CC1C3. The first-order valence-electron chi connectivity index (χ1n) is 8.15. The minimum absolute atomic E-state index is 0.271. The molecule has 0 aromatic heterocycles. The Bertz CT molecular complexity index is 421. The van der Waals surface area contributed by atoms with Crippen molar-refractivity contribution in [2.75, 3.05) is 12.8 Å². The fourth-order valence-corrected chi connectivity index (χ4v) is 5.55. The molecule has 5 heteroatoms. The molecular formula is C15H28N2O2S. The van der Waals surface area contributed by atoms with Crippen molar-refractivity contribution < 1.29 is 8.42 Å². The van der Waals surface area contributed by atoms with E-state index >= 15 is 0 Å². The Morgan fingerprint density at radius 3 is 2.05 bits per heavy atom. The summed E-state index contributed by atoms with van der Waals surface area (Å²) in [5.74, 6) is 3.67. The molecule has 0 amide bonds. The minimum Gasteiger partial charge on any atom is -0.309 e. The van der Waals surface area contributed by atoms with Crippen LogP contribution in [0.5, 0.6) is 0 Å². The van der Waals surface area contributed by atoms with Crippen LogP contribution in [0.15, 0.2) is 0 Å². The first-order valence-corrected chi connectivity index (χ1v) is 10.0. The minimum atomic E-state index is -3.08. The van der Waals surface area contributed by atoms with Gasteiger partial charge in [-0.15, -0.1) is 0 Å². The molecule has 4 saturated carbocycles. The standard InChI is InChI=1S/C15H28N2O2S/c1-3-14(9-16-20(2,18)19)17-15-12-5-10-4-11(7-12)8-13(15)6-10/h10-17H,3-9H2,1-2H3. The molecular weight excluding hydrogens is 272 g/mol. The molecule has 4 rings (SSSR count). The smallest absolute Gasteiger partial charge is 0.208 e. The Morgan fingerprint density at radius 1 is 1.05 bits per heavy atom. The lowest BCUT2D eigenvalue weighted by Crippen LogP contribution is -2.58. The van der Waals surface area contributed by atoms with Gasteiger partial charge in [0.25, 0.3) is 0 Å². The molecule has 4 fully saturated rings. The average molecular weight is 300 g/mol. The van der Waals surface area contributed by atoms with E-state index in [0.29, 0.717) is 12.6 Å². The van der Waals surface area contributed by atoms with Crippen molar-refractivity contribution in [2.24, 2.45) is 23.7 Å². The van der Waals surface area contributed by atoms with Crippen LogP contribution < -0.4 is 10.0 Å². The molecule has 1 unspecified atom stereocenters. The van der Waals surface area contributed by atoms with Gasteiger partial charge in [0.05, 0.1) is 6.26 Å². The molecule has 4 nitrogen and oxygen atoms in total. The van der Waals surface area contributed by atoms with Crippen molar-refractivity contribution >= 4 is 10.0 Å². The predicted molar refractivity (Wildman–Crippen MR) is 80.9 cm³/mol. The second-order valence-corrected chi connectivity index (χ2v) is 9.18. The van der Waals surface area contributed by atoms with Crippen molar-refractivity contribution in [3.63, 3.8) is 0 Å². The topological polar surface area (TPSA) is 58.2 Å². The van der Waals surface area contributed by atoms with E-state index in [9.17, 15) is 8.42 Å². The van der Waals surface area contributed by atoms with Crippen molar-refractivity contribution in [1.82, 2.24) is 10.0 Å². The highest BCUT2D eigenvalue weighted by Crippen LogP contribution is 2.53. The average Bonchev–Trinajstić information content (AvgIpc) is 2.35. The molecule has 2 N–H and O–H groups in total. The zero-order valence-electron chi connectivity index (χ0n) is 12.6. The molecule has 4 aliphatic carbocycles. The summed E-state index contributed by atoms with van der Waals surface area (Å²) in [4.78, 5) is 0. The third-order valence-electron chi connectivity index (χ3n) is 5.74. The summed E-state index contributed by atoms with van der Waals surface area (Å²) in [5.41, 5.74) is 0. The number of hydrogen-bond donors (Lipinski definition) is 2. The summed E-state index contributed by atoms with van der Waals surface area (Å²) in [6, 6.07) is 0.904. The van der Waals surface area contributed by atoms with E-state index < -0.39 is 10.0 Å². The largest absolute Gasteiger partial charge is 0.309 e. The molecule has 0 heterocycles. The van der Waals surface area contributed by atoms with Crippen LogP contribution in [0.3, 0.4) is 0 Å². The number of rotatable bonds is 6. The Morgan fingerprint density at radius 2 is 1.60 bits per heavy atom. The summed E-state index contributed by atoms with van der Waals surface area (Å²) in [7, 11) is -3.08. The number of sulfonamides is 1. The summed E-state index contributed by atoms with van der Waals surface area (Å²) in [6.45, 7) is 2.66. The van der Waals surface area contributed by atoms with Gasteiger partial charge in [-0.2, -0.15) is 0 Å². The normalized spacial score (nSPS) is 41.0. The summed E-state index contributed by atoms with van der Waals surface area (Å²) < 4.78 is 25.2. The van der Waals surface area contributed by atoms with Gasteiger partial charge >= 0.3 is 0 Å². The van der Waals surface area contributed by atoms with Crippen molar-refractivity contribution in [3.05, 3.63) is 0 Å². The van der Waals surface area contributed by atoms with Crippen LogP contribution in [0.4, 0.5) is 0 Å². The lowest BCUT2D eigenvalue weighted by atomic mass is 9.54. The Hall–Kier alpha value is -0.130. The van der Waals surface area contributed by atoms with Gasteiger partial charge in [-0.05, 0) is 62.2 Å². The highest BCUT2D eigenvalue weighted by Gasteiger charge is 2.48. The fraction of sp³-hybridized carbons (Fsp3) is 1.00. The monoisotopic (exact) mass is 300 g/mol. The Labute approximate surface area is 123 Å². The second kappa shape index (κ2) is 5.58. The number of nitrogens with one attached hydrogen (secondary N) is 2. The fourth-order valence-electron chi connectivity index (χ4n) is 5.04. The van der Waals surface area contributed by atoms with Crippen LogP contribution >= 0.6 is 0 Å². The zero-order chi connectivity index (χ0) is 14.3. The summed E-state index contributed by atoms with van der Waals surface area (Å²) >= 11 is 0. The summed E-state index contributed by atoms with van der Waals surface area (Å²) in [5, 5.41) is 3.79. The van der Waals surface area contributed by atoms with Crippen molar-refractivity contribution in [1.29, 1.82) is 0 Å². The van der Waals surface area contributed by atoms with Gasteiger partial charge in [-0.3, -0.25) is 0 Å². The van der Waals surface area contributed by atoms with Gasteiger partial charge in [0.2, 0.25) is 10.0 Å². The molecule has 0 aromatic rings. The third kappa shape index (κ3) is 3.20. The first-order chi connectivity index (χ1) is 9.44. The van der Waals surface area contributed by atoms with Crippen LogP contribution in [0.2, 0.25) is 0 Å². The van der Waals surface area contributed by atoms with Crippen molar-refractivity contribution in [2.45, 2.75) is 57.5 Å². The van der Waals surface area contributed by atoms with E-state index in [0.717, 1.165) is 30.1 Å². The van der Waals surface area contributed by atoms with E-state index in [1.54, 1.807) is 0 Å². The van der Waals surface area contributed by atoms with Crippen LogP contribution in [-0.2, 0) is 10.0 Å². The molecule has 4 bridgehead atoms. The van der Waals surface area contributed by atoms with E-state index in [2.05, 4.69) is 17.0 Å².